The maximum absolute atomic E-state index is 11.7. The third-order valence-electron chi connectivity index (χ3n) is 3.55. The Balaban J connectivity index is 2.17. The Kier molecular flexibility index (Phi) is 7.01. The van der Waals surface area contributed by atoms with Gasteiger partial charge in [0.05, 0.1) is 33.5 Å². The van der Waals surface area contributed by atoms with Crippen LogP contribution in [0.25, 0.3) is 6.08 Å². The molecule has 0 aliphatic heterocycles. The molecule has 0 bridgehead atoms. The van der Waals surface area contributed by atoms with E-state index in [1.807, 2.05) is 38.4 Å². The van der Waals surface area contributed by atoms with Crippen LogP contribution < -0.4 is 4.74 Å². The van der Waals surface area contributed by atoms with Crippen LogP contribution in [0.2, 0.25) is 0 Å². The zero-order valence-corrected chi connectivity index (χ0v) is 17.0. The number of hydrogen-bond acceptors (Lipinski definition) is 5. The van der Waals surface area contributed by atoms with E-state index in [0.717, 1.165) is 32.3 Å². The summed E-state index contributed by atoms with van der Waals surface area (Å²) in [5.74, 6) is 1.70. The molecule has 1 atom stereocenters. The van der Waals surface area contributed by atoms with E-state index >= 15 is 0 Å². The van der Waals surface area contributed by atoms with Gasteiger partial charge in [0, 0.05) is 19.1 Å². The molecule has 1 unspecified atom stereocenters. The lowest BCUT2D eigenvalue weighted by Gasteiger charge is -2.06. The number of rotatable bonds is 7. The minimum absolute atomic E-state index is 0.840. The van der Waals surface area contributed by atoms with E-state index in [4.69, 9.17) is 4.74 Å². The van der Waals surface area contributed by atoms with E-state index in [1.54, 1.807) is 25.1 Å². The van der Waals surface area contributed by atoms with E-state index in [-0.39, 0.29) is 0 Å². The highest BCUT2D eigenvalue weighted by atomic mass is 32.2. The molecule has 4 nitrogen and oxygen atoms in total. The van der Waals surface area contributed by atoms with Crippen LogP contribution in [0, 0.1) is 6.92 Å². The van der Waals surface area contributed by atoms with Gasteiger partial charge in [-0.15, -0.1) is 11.8 Å². The number of nitrogens with zero attached hydrogens (tertiary/aromatic N) is 2. The molecule has 0 amide bonds. The molecule has 2 aromatic rings. The molecule has 0 aliphatic carbocycles. The molecule has 0 fully saturated rings. The molecule has 7 heteroatoms. The molecule has 1 aromatic heterocycles. The Morgan fingerprint density at radius 3 is 2.58 bits per heavy atom. The highest BCUT2D eigenvalue weighted by molar-refractivity contribution is 8.16. The second kappa shape index (κ2) is 8.78. The number of benzene rings is 1. The van der Waals surface area contributed by atoms with Crippen LogP contribution in [-0.2, 0) is 23.6 Å². The van der Waals surface area contributed by atoms with Crippen molar-refractivity contribution in [1.82, 2.24) is 9.55 Å². The summed E-state index contributed by atoms with van der Waals surface area (Å²) in [6, 6.07) is 8.06. The number of aryl methyl sites for hydroxylation is 1. The highest BCUT2D eigenvalue weighted by Gasteiger charge is 2.12. The zero-order valence-electron chi connectivity index (χ0n) is 14.5. The fraction of sp³-hybridized carbons (Fsp3) is 0.353. The van der Waals surface area contributed by atoms with Gasteiger partial charge in [-0.1, -0.05) is 23.9 Å². The maximum Gasteiger partial charge on any atom is 0.168 e. The van der Waals surface area contributed by atoms with Crippen molar-refractivity contribution in [2.45, 2.75) is 17.8 Å². The van der Waals surface area contributed by atoms with E-state index < -0.39 is 10.8 Å². The van der Waals surface area contributed by atoms with Crippen molar-refractivity contribution in [3.8, 4) is 5.75 Å². The topological polar surface area (TPSA) is 44.1 Å². The summed E-state index contributed by atoms with van der Waals surface area (Å²) in [7, 11) is 2.68. The fourth-order valence-electron chi connectivity index (χ4n) is 2.19. The number of ether oxygens (including phenoxy) is 1. The number of imidazole rings is 1. The third-order valence-corrected chi connectivity index (χ3v) is 7.06. The van der Waals surface area contributed by atoms with Crippen LogP contribution in [0.15, 0.2) is 33.7 Å². The van der Waals surface area contributed by atoms with Crippen LogP contribution in [-0.4, -0.2) is 33.4 Å². The molecule has 0 saturated heterocycles. The lowest BCUT2D eigenvalue weighted by molar-refractivity contribution is 0.414. The van der Waals surface area contributed by atoms with Crippen LogP contribution in [0.5, 0.6) is 5.75 Å². The zero-order chi connectivity index (χ0) is 17.7. The van der Waals surface area contributed by atoms with E-state index in [2.05, 4.69) is 21.7 Å². The first kappa shape index (κ1) is 19.1. The Bertz CT molecular complexity index is 752. The smallest absolute Gasteiger partial charge is 0.168 e. The molecule has 130 valence electrons. The number of aromatic nitrogens is 2. The average molecular weight is 383 g/mol. The molecule has 1 aromatic carbocycles. The summed E-state index contributed by atoms with van der Waals surface area (Å²) < 4.78 is 19.8. The quantitative estimate of drug-likeness (QED) is 0.676. The molecular formula is C17H22N2O2S3. The monoisotopic (exact) mass is 382 g/mol. The van der Waals surface area contributed by atoms with Crippen LogP contribution in [0.3, 0.4) is 0 Å². The largest absolute Gasteiger partial charge is 0.497 e. The molecule has 0 spiro atoms. The Labute approximate surface area is 154 Å². The van der Waals surface area contributed by atoms with Gasteiger partial charge in [-0.05, 0) is 37.0 Å². The normalized spacial score (nSPS) is 13.1. The van der Waals surface area contributed by atoms with Gasteiger partial charge in [0.25, 0.3) is 0 Å². The van der Waals surface area contributed by atoms with Crippen molar-refractivity contribution in [2.24, 2.45) is 7.05 Å². The molecule has 24 heavy (non-hydrogen) atoms. The number of methoxy groups -OCH3 is 1. The van der Waals surface area contributed by atoms with E-state index in [9.17, 15) is 4.21 Å². The molecular weight excluding hydrogens is 360 g/mol. The summed E-state index contributed by atoms with van der Waals surface area (Å²) in [5, 5.41) is 0.955. The van der Waals surface area contributed by atoms with Crippen molar-refractivity contribution in [1.29, 1.82) is 0 Å². The van der Waals surface area contributed by atoms with Crippen molar-refractivity contribution in [3.63, 3.8) is 0 Å². The van der Waals surface area contributed by atoms with Gasteiger partial charge in [-0.2, -0.15) is 0 Å². The number of hydrogen-bond donors (Lipinski definition) is 0. The van der Waals surface area contributed by atoms with Crippen LogP contribution in [0.1, 0.15) is 17.0 Å². The molecule has 0 N–H and O–H groups in total. The Morgan fingerprint density at radius 1 is 1.38 bits per heavy atom. The van der Waals surface area contributed by atoms with Gasteiger partial charge in [-0.25, -0.2) is 4.98 Å². The molecule has 0 radical (unpaired) electrons. The Morgan fingerprint density at radius 2 is 2.04 bits per heavy atom. The summed E-state index contributed by atoms with van der Waals surface area (Å²) in [5.41, 5.74) is 3.18. The lowest BCUT2D eigenvalue weighted by atomic mass is 10.2. The second-order valence-corrected chi connectivity index (χ2v) is 8.58. The SMILES string of the molecule is COc1ccc(CSc2nc(C)c(/C=C(\SC)S(C)=O)n2C)cc1. The first-order chi connectivity index (χ1) is 11.5. The van der Waals surface area contributed by atoms with Gasteiger partial charge in [0.1, 0.15) is 5.75 Å². The minimum atomic E-state index is -0.984. The fourth-order valence-corrected chi connectivity index (χ4v) is 4.62. The van der Waals surface area contributed by atoms with Crippen LogP contribution >= 0.6 is 23.5 Å². The standard InChI is InChI=1S/C17H22N2O2S3/c1-12-15(10-16(22-4)24(5)20)19(2)17(18-12)23-11-13-6-8-14(21-3)9-7-13/h6-10H,11H2,1-5H3/b16-10+. The minimum Gasteiger partial charge on any atom is -0.497 e. The first-order valence-corrected chi connectivity index (χ1v) is 11.1. The molecule has 0 aliphatic rings. The average Bonchev–Trinajstić information content (AvgIpc) is 2.84. The predicted octanol–water partition coefficient (Wildman–Crippen LogP) is 4.07. The van der Waals surface area contributed by atoms with Gasteiger partial charge < -0.3 is 9.30 Å². The maximum atomic E-state index is 11.7. The summed E-state index contributed by atoms with van der Waals surface area (Å²) >= 11 is 3.21. The van der Waals surface area contributed by atoms with E-state index in [0.29, 0.717) is 0 Å². The third kappa shape index (κ3) is 4.68. The number of thioether (sulfide) groups is 2. The lowest BCUT2D eigenvalue weighted by Crippen LogP contribution is -1.96. The molecule has 1 heterocycles. The highest BCUT2D eigenvalue weighted by Crippen LogP contribution is 2.27. The molecule has 0 saturated carbocycles. The van der Waals surface area contributed by atoms with Crippen molar-refractivity contribution < 1.29 is 8.95 Å². The van der Waals surface area contributed by atoms with E-state index in [1.165, 1.54) is 17.3 Å². The van der Waals surface area contributed by atoms with Gasteiger partial charge in [-0.3, -0.25) is 4.21 Å². The summed E-state index contributed by atoms with van der Waals surface area (Å²) in [4.78, 5) is 4.65. The Hall–Kier alpha value is -1.18. The predicted molar refractivity (Wildman–Crippen MR) is 106 cm³/mol. The van der Waals surface area contributed by atoms with Gasteiger partial charge in [0.2, 0.25) is 0 Å². The van der Waals surface area contributed by atoms with Crippen molar-refractivity contribution in [2.75, 3.05) is 19.6 Å². The molecule has 2 rings (SSSR count). The van der Waals surface area contributed by atoms with Crippen LogP contribution in [0.4, 0.5) is 0 Å². The van der Waals surface area contributed by atoms with Gasteiger partial charge in [0.15, 0.2) is 5.16 Å². The van der Waals surface area contributed by atoms with Crippen molar-refractivity contribution in [3.05, 3.63) is 45.5 Å². The summed E-state index contributed by atoms with van der Waals surface area (Å²) in [6.45, 7) is 1.99. The second-order valence-electron chi connectivity index (χ2n) is 5.18. The summed E-state index contributed by atoms with van der Waals surface area (Å²) in [6.07, 6.45) is 5.62. The van der Waals surface area contributed by atoms with Crippen molar-refractivity contribution >= 4 is 40.4 Å². The first-order valence-electron chi connectivity index (χ1n) is 7.34. The van der Waals surface area contributed by atoms with Gasteiger partial charge >= 0.3 is 0 Å².